The molecule has 3 heteroatoms. The van der Waals surface area contributed by atoms with Crippen LogP contribution in [0.3, 0.4) is 0 Å². The summed E-state index contributed by atoms with van der Waals surface area (Å²) in [6.45, 7) is 0.838. The summed E-state index contributed by atoms with van der Waals surface area (Å²) >= 11 is 2.12. The lowest BCUT2D eigenvalue weighted by Crippen LogP contribution is -2.33. The number of furan rings is 1. The van der Waals surface area contributed by atoms with Crippen LogP contribution in [0.15, 0.2) is 23.0 Å². The molecule has 0 amide bonds. The number of rotatable bonds is 6. The van der Waals surface area contributed by atoms with Gasteiger partial charge in [0.05, 0.1) is 12.5 Å². The van der Waals surface area contributed by atoms with Gasteiger partial charge in [-0.25, -0.2) is 0 Å². The third-order valence-electron chi connectivity index (χ3n) is 6.05. The fourth-order valence-electron chi connectivity index (χ4n) is 4.49. The van der Waals surface area contributed by atoms with E-state index in [4.69, 9.17) is 10.2 Å². The molecule has 1 aromatic heterocycles. The van der Waals surface area contributed by atoms with Gasteiger partial charge in [0.15, 0.2) is 0 Å². The van der Waals surface area contributed by atoms with E-state index in [1.807, 2.05) is 6.26 Å². The first-order valence-electron chi connectivity index (χ1n) is 9.12. The SMILES string of the molecule is NCCSC1CCC2(CCC(CCc3ccoc3)CC2)CC1. The highest BCUT2D eigenvalue weighted by molar-refractivity contribution is 7.99. The molecule has 1 spiro atoms. The van der Waals surface area contributed by atoms with Crippen LogP contribution < -0.4 is 5.73 Å². The Morgan fingerprint density at radius 3 is 2.50 bits per heavy atom. The minimum absolute atomic E-state index is 0.714. The minimum Gasteiger partial charge on any atom is -0.472 e. The normalized spacial score (nSPS) is 32.4. The Morgan fingerprint density at radius 1 is 1.14 bits per heavy atom. The topological polar surface area (TPSA) is 39.2 Å². The quantitative estimate of drug-likeness (QED) is 0.799. The first-order chi connectivity index (χ1) is 10.8. The molecule has 0 aliphatic heterocycles. The molecule has 2 aliphatic rings. The van der Waals surface area contributed by atoms with Gasteiger partial charge in [-0.05, 0) is 87.2 Å². The molecule has 2 saturated carbocycles. The highest BCUT2D eigenvalue weighted by Gasteiger charge is 2.38. The fourth-order valence-corrected chi connectivity index (χ4v) is 5.53. The van der Waals surface area contributed by atoms with Crippen LogP contribution in [-0.2, 0) is 6.42 Å². The molecule has 0 radical (unpaired) electrons. The molecule has 2 fully saturated rings. The zero-order valence-electron chi connectivity index (χ0n) is 13.8. The second-order valence-corrected chi connectivity index (χ2v) is 8.88. The lowest BCUT2D eigenvalue weighted by atomic mass is 9.63. The van der Waals surface area contributed by atoms with E-state index in [9.17, 15) is 0 Å². The number of aryl methyl sites for hydroxylation is 1. The van der Waals surface area contributed by atoms with E-state index in [1.165, 1.54) is 69.8 Å². The molecule has 0 unspecified atom stereocenters. The van der Waals surface area contributed by atoms with Gasteiger partial charge in [0.2, 0.25) is 0 Å². The van der Waals surface area contributed by atoms with E-state index in [1.54, 1.807) is 6.26 Å². The molecule has 3 rings (SSSR count). The van der Waals surface area contributed by atoms with Crippen LogP contribution in [0.25, 0.3) is 0 Å². The molecular formula is C19H31NOS. The fraction of sp³-hybridized carbons (Fsp3) is 0.789. The molecule has 0 saturated heterocycles. The summed E-state index contributed by atoms with van der Waals surface area (Å²) < 4.78 is 5.17. The van der Waals surface area contributed by atoms with Crippen LogP contribution >= 0.6 is 11.8 Å². The monoisotopic (exact) mass is 321 g/mol. The molecule has 0 bridgehead atoms. The van der Waals surface area contributed by atoms with Gasteiger partial charge in [-0.15, -0.1) is 0 Å². The van der Waals surface area contributed by atoms with Crippen molar-refractivity contribution in [1.29, 1.82) is 0 Å². The molecule has 1 heterocycles. The van der Waals surface area contributed by atoms with Crippen molar-refractivity contribution in [3.05, 3.63) is 24.2 Å². The Balaban J connectivity index is 1.38. The molecule has 2 nitrogen and oxygen atoms in total. The van der Waals surface area contributed by atoms with Gasteiger partial charge in [0.1, 0.15) is 0 Å². The third-order valence-corrected chi connectivity index (χ3v) is 7.47. The van der Waals surface area contributed by atoms with Crippen molar-refractivity contribution in [3.63, 3.8) is 0 Å². The van der Waals surface area contributed by atoms with E-state index < -0.39 is 0 Å². The second kappa shape index (κ2) is 7.92. The molecule has 124 valence electrons. The van der Waals surface area contributed by atoms with E-state index in [-0.39, 0.29) is 0 Å². The standard InChI is InChI=1S/C19H31NOS/c20-12-14-22-18-5-10-19(11-6-18)8-3-16(4-9-19)1-2-17-7-13-21-15-17/h7,13,15-16,18H,1-6,8-12,14,20H2. The number of nitrogens with two attached hydrogens (primary N) is 1. The van der Waals surface area contributed by atoms with Gasteiger partial charge in [0, 0.05) is 17.5 Å². The van der Waals surface area contributed by atoms with Gasteiger partial charge in [-0.2, -0.15) is 11.8 Å². The molecular weight excluding hydrogens is 290 g/mol. The summed E-state index contributed by atoms with van der Waals surface area (Å²) in [5.41, 5.74) is 7.72. The van der Waals surface area contributed by atoms with Gasteiger partial charge < -0.3 is 10.2 Å². The number of hydrogen-bond acceptors (Lipinski definition) is 3. The van der Waals surface area contributed by atoms with Crippen molar-refractivity contribution in [3.8, 4) is 0 Å². The van der Waals surface area contributed by atoms with Crippen LogP contribution in [-0.4, -0.2) is 17.5 Å². The van der Waals surface area contributed by atoms with Crippen LogP contribution in [0.1, 0.15) is 63.4 Å². The van der Waals surface area contributed by atoms with Crippen LogP contribution in [0.2, 0.25) is 0 Å². The Labute approximate surface area is 139 Å². The van der Waals surface area contributed by atoms with Crippen molar-refractivity contribution in [2.75, 3.05) is 12.3 Å². The maximum atomic E-state index is 5.63. The highest BCUT2D eigenvalue weighted by Crippen LogP contribution is 2.51. The third kappa shape index (κ3) is 4.32. The largest absolute Gasteiger partial charge is 0.472 e. The first-order valence-corrected chi connectivity index (χ1v) is 10.2. The minimum atomic E-state index is 0.714. The summed E-state index contributed by atoms with van der Waals surface area (Å²) in [4.78, 5) is 0. The lowest BCUT2D eigenvalue weighted by molar-refractivity contribution is 0.0966. The zero-order chi connectivity index (χ0) is 15.3. The summed E-state index contributed by atoms with van der Waals surface area (Å²) in [7, 11) is 0. The Kier molecular flexibility index (Phi) is 5.92. The van der Waals surface area contributed by atoms with Gasteiger partial charge in [-0.3, -0.25) is 0 Å². The van der Waals surface area contributed by atoms with Crippen molar-refractivity contribution >= 4 is 11.8 Å². The van der Waals surface area contributed by atoms with Gasteiger partial charge >= 0.3 is 0 Å². The molecule has 0 atom stereocenters. The predicted octanol–water partition coefficient (Wildman–Crippen LogP) is 5.02. The molecule has 2 N–H and O–H groups in total. The Hall–Kier alpha value is -0.410. The second-order valence-electron chi connectivity index (χ2n) is 7.47. The number of hydrogen-bond donors (Lipinski definition) is 1. The van der Waals surface area contributed by atoms with E-state index in [2.05, 4.69) is 17.8 Å². The maximum Gasteiger partial charge on any atom is 0.0934 e. The summed E-state index contributed by atoms with van der Waals surface area (Å²) in [6, 6.07) is 2.12. The average Bonchev–Trinajstić information content (AvgIpc) is 3.08. The predicted molar refractivity (Wildman–Crippen MR) is 95.2 cm³/mol. The Bertz CT molecular complexity index is 413. The van der Waals surface area contributed by atoms with E-state index >= 15 is 0 Å². The summed E-state index contributed by atoms with van der Waals surface area (Å²) in [5.74, 6) is 2.10. The van der Waals surface area contributed by atoms with Crippen molar-refractivity contribution < 1.29 is 4.42 Å². The van der Waals surface area contributed by atoms with E-state index in [0.29, 0.717) is 5.41 Å². The van der Waals surface area contributed by atoms with E-state index in [0.717, 1.165) is 23.5 Å². The lowest BCUT2D eigenvalue weighted by Gasteiger charge is -2.45. The first kappa shape index (κ1) is 16.4. The molecule has 22 heavy (non-hydrogen) atoms. The maximum absolute atomic E-state index is 5.63. The smallest absolute Gasteiger partial charge is 0.0934 e. The number of thioether (sulfide) groups is 1. The zero-order valence-corrected chi connectivity index (χ0v) is 14.6. The highest BCUT2D eigenvalue weighted by atomic mass is 32.2. The molecule has 0 aromatic carbocycles. The molecule has 2 aliphatic carbocycles. The Morgan fingerprint density at radius 2 is 1.86 bits per heavy atom. The summed E-state index contributed by atoms with van der Waals surface area (Å²) in [5, 5.41) is 0.896. The molecule has 1 aromatic rings. The van der Waals surface area contributed by atoms with Crippen molar-refractivity contribution in [1.82, 2.24) is 0 Å². The van der Waals surface area contributed by atoms with Crippen molar-refractivity contribution in [2.24, 2.45) is 17.1 Å². The van der Waals surface area contributed by atoms with Crippen LogP contribution in [0, 0.1) is 11.3 Å². The van der Waals surface area contributed by atoms with Crippen LogP contribution in [0.4, 0.5) is 0 Å². The summed E-state index contributed by atoms with van der Waals surface area (Å²) in [6.07, 6.45) is 18.0. The van der Waals surface area contributed by atoms with Crippen molar-refractivity contribution in [2.45, 2.75) is 69.5 Å². The van der Waals surface area contributed by atoms with Crippen LogP contribution in [0.5, 0.6) is 0 Å². The van der Waals surface area contributed by atoms with Gasteiger partial charge in [-0.1, -0.05) is 0 Å². The van der Waals surface area contributed by atoms with Gasteiger partial charge in [0.25, 0.3) is 0 Å². The average molecular weight is 322 g/mol.